The molecule has 3 fully saturated rings. The summed E-state index contributed by atoms with van der Waals surface area (Å²) in [7, 11) is 0. The lowest BCUT2D eigenvalue weighted by Gasteiger charge is -2.50. The Balaban J connectivity index is 1.44. The van der Waals surface area contributed by atoms with Crippen LogP contribution in [-0.4, -0.2) is 12.7 Å². The Labute approximate surface area is 151 Å². The Morgan fingerprint density at radius 1 is 0.708 bits per heavy atom. The maximum Gasteiger partial charge on any atom is 0.0578 e. The molecule has 0 aromatic carbocycles. The van der Waals surface area contributed by atoms with E-state index < -0.39 is 0 Å². The number of hydrogen-bond donors (Lipinski definition) is 0. The van der Waals surface area contributed by atoms with Gasteiger partial charge in [0.1, 0.15) is 0 Å². The molecule has 0 saturated heterocycles. The van der Waals surface area contributed by atoms with Gasteiger partial charge in [0.25, 0.3) is 0 Å². The Morgan fingerprint density at radius 3 is 2.17 bits per heavy atom. The Bertz CT molecular complexity index is 352. The van der Waals surface area contributed by atoms with Crippen molar-refractivity contribution in [2.24, 2.45) is 29.6 Å². The van der Waals surface area contributed by atoms with Gasteiger partial charge in [-0.3, -0.25) is 0 Å². The zero-order valence-corrected chi connectivity index (χ0v) is 16.5. The van der Waals surface area contributed by atoms with Gasteiger partial charge in [-0.2, -0.15) is 0 Å². The summed E-state index contributed by atoms with van der Waals surface area (Å²) in [6, 6.07) is 0. The van der Waals surface area contributed by atoms with Gasteiger partial charge in [0, 0.05) is 6.61 Å². The highest BCUT2D eigenvalue weighted by Crippen LogP contribution is 2.53. The van der Waals surface area contributed by atoms with E-state index in [4.69, 9.17) is 4.74 Å². The van der Waals surface area contributed by atoms with Crippen LogP contribution in [0.2, 0.25) is 0 Å². The fourth-order valence-electron chi connectivity index (χ4n) is 6.36. The van der Waals surface area contributed by atoms with E-state index in [-0.39, 0.29) is 0 Å². The van der Waals surface area contributed by atoms with Crippen molar-refractivity contribution in [2.75, 3.05) is 6.61 Å². The molecule has 0 bridgehead atoms. The van der Waals surface area contributed by atoms with Crippen LogP contribution in [0.1, 0.15) is 104 Å². The molecule has 0 N–H and O–H groups in total. The highest BCUT2D eigenvalue weighted by atomic mass is 16.5. The zero-order chi connectivity index (χ0) is 16.8. The van der Waals surface area contributed by atoms with Crippen molar-refractivity contribution in [3.8, 4) is 0 Å². The molecule has 24 heavy (non-hydrogen) atoms. The fourth-order valence-corrected chi connectivity index (χ4v) is 6.36. The highest BCUT2D eigenvalue weighted by Gasteiger charge is 2.44. The Hall–Kier alpha value is -0.0400. The van der Waals surface area contributed by atoms with E-state index >= 15 is 0 Å². The van der Waals surface area contributed by atoms with E-state index in [1.165, 1.54) is 70.6 Å². The molecule has 0 aliphatic heterocycles. The molecule has 3 aliphatic carbocycles. The maximum atomic E-state index is 6.23. The smallest absolute Gasteiger partial charge is 0.0578 e. The second-order valence-corrected chi connectivity index (χ2v) is 9.26. The molecule has 140 valence electrons. The third-order valence-electron chi connectivity index (χ3n) is 7.67. The van der Waals surface area contributed by atoms with Gasteiger partial charge in [-0.25, -0.2) is 0 Å². The van der Waals surface area contributed by atoms with Gasteiger partial charge < -0.3 is 4.74 Å². The lowest BCUT2D eigenvalue weighted by Crippen LogP contribution is -2.42. The quantitative estimate of drug-likeness (QED) is 0.434. The van der Waals surface area contributed by atoms with Crippen LogP contribution >= 0.6 is 0 Å². The molecule has 0 spiro atoms. The van der Waals surface area contributed by atoms with E-state index in [0.717, 1.165) is 36.2 Å². The van der Waals surface area contributed by atoms with Gasteiger partial charge in [0.2, 0.25) is 0 Å². The lowest BCUT2D eigenvalue weighted by atomic mass is 9.56. The second kappa shape index (κ2) is 9.60. The topological polar surface area (TPSA) is 9.23 Å². The number of fused-ring (bicyclic) bond motifs is 3. The SMILES string of the molecule is CCCCCO[C@@H]1CCC2C(CCC3C[C@H](CCCC)CCC32)C1. The van der Waals surface area contributed by atoms with Crippen molar-refractivity contribution in [1.82, 2.24) is 0 Å². The molecule has 1 nitrogen and oxygen atoms in total. The summed E-state index contributed by atoms with van der Waals surface area (Å²) in [6.45, 7) is 5.64. The molecule has 6 atom stereocenters. The van der Waals surface area contributed by atoms with Crippen LogP contribution in [0.3, 0.4) is 0 Å². The molecule has 0 amide bonds. The van der Waals surface area contributed by atoms with E-state index in [9.17, 15) is 0 Å². The van der Waals surface area contributed by atoms with Gasteiger partial charge in [0.05, 0.1) is 6.10 Å². The maximum absolute atomic E-state index is 6.23. The molecule has 1 heteroatoms. The lowest BCUT2D eigenvalue weighted by molar-refractivity contribution is -0.0538. The van der Waals surface area contributed by atoms with Crippen LogP contribution in [0, 0.1) is 29.6 Å². The van der Waals surface area contributed by atoms with E-state index in [0.29, 0.717) is 6.10 Å². The van der Waals surface area contributed by atoms with Crippen molar-refractivity contribution in [3.05, 3.63) is 0 Å². The van der Waals surface area contributed by atoms with Crippen LogP contribution in [0.4, 0.5) is 0 Å². The molecule has 3 rings (SSSR count). The minimum absolute atomic E-state index is 0.598. The summed E-state index contributed by atoms with van der Waals surface area (Å²) in [4.78, 5) is 0. The highest BCUT2D eigenvalue weighted by molar-refractivity contribution is 4.94. The number of rotatable bonds is 8. The predicted molar refractivity (Wildman–Crippen MR) is 103 cm³/mol. The van der Waals surface area contributed by atoms with Crippen LogP contribution < -0.4 is 0 Å². The Kier molecular flexibility index (Phi) is 7.50. The standard InChI is InChI=1S/C23H42O/c1-3-5-7-15-24-21-12-14-23-20(17-21)11-10-19-16-18(8-6-4-2)9-13-22(19)23/h18-23H,3-17H2,1-2H3/t18-,19?,20?,21-,22?,23?/m1/s1. The fraction of sp³-hybridized carbons (Fsp3) is 1.00. The Morgan fingerprint density at radius 2 is 1.42 bits per heavy atom. The minimum atomic E-state index is 0.598. The third-order valence-corrected chi connectivity index (χ3v) is 7.67. The first-order valence-electron chi connectivity index (χ1n) is 11.4. The average molecular weight is 335 g/mol. The predicted octanol–water partition coefficient (Wildman–Crippen LogP) is 6.99. The van der Waals surface area contributed by atoms with Gasteiger partial charge >= 0.3 is 0 Å². The van der Waals surface area contributed by atoms with Gasteiger partial charge in [-0.1, -0.05) is 52.4 Å². The molecule has 4 unspecified atom stereocenters. The number of unbranched alkanes of at least 4 members (excludes halogenated alkanes) is 3. The number of hydrogen-bond acceptors (Lipinski definition) is 1. The zero-order valence-electron chi connectivity index (χ0n) is 16.5. The van der Waals surface area contributed by atoms with E-state index in [1.807, 2.05) is 0 Å². The van der Waals surface area contributed by atoms with Crippen molar-refractivity contribution in [3.63, 3.8) is 0 Å². The molecular weight excluding hydrogens is 292 g/mol. The van der Waals surface area contributed by atoms with E-state index in [1.54, 1.807) is 19.3 Å². The van der Waals surface area contributed by atoms with Crippen molar-refractivity contribution in [1.29, 1.82) is 0 Å². The molecule has 0 aromatic heterocycles. The van der Waals surface area contributed by atoms with Crippen LogP contribution in [0.5, 0.6) is 0 Å². The van der Waals surface area contributed by atoms with Crippen LogP contribution in [-0.2, 0) is 4.74 Å². The van der Waals surface area contributed by atoms with Gasteiger partial charge in [-0.15, -0.1) is 0 Å². The largest absolute Gasteiger partial charge is 0.378 e. The summed E-state index contributed by atoms with van der Waals surface area (Å²) >= 11 is 0. The molecule has 0 aromatic rings. The molecule has 3 saturated carbocycles. The summed E-state index contributed by atoms with van der Waals surface area (Å²) in [5.74, 6) is 5.31. The summed E-state index contributed by atoms with van der Waals surface area (Å²) < 4.78 is 6.23. The first-order chi connectivity index (χ1) is 11.8. The van der Waals surface area contributed by atoms with Crippen molar-refractivity contribution < 1.29 is 4.74 Å². The summed E-state index contributed by atoms with van der Waals surface area (Å²) in [6.07, 6.45) is 20.8. The van der Waals surface area contributed by atoms with Crippen molar-refractivity contribution >= 4 is 0 Å². The molecule has 3 aliphatic rings. The molecular formula is C23H42O. The summed E-state index contributed by atoms with van der Waals surface area (Å²) in [5, 5.41) is 0. The summed E-state index contributed by atoms with van der Waals surface area (Å²) in [5.41, 5.74) is 0. The first-order valence-corrected chi connectivity index (χ1v) is 11.4. The third kappa shape index (κ3) is 4.77. The van der Waals surface area contributed by atoms with Gasteiger partial charge in [-0.05, 0) is 81.0 Å². The molecule has 0 heterocycles. The monoisotopic (exact) mass is 334 g/mol. The number of ether oxygens (including phenoxy) is 1. The van der Waals surface area contributed by atoms with Gasteiger partial charge in [0.15, 0.2) is 0 Å². The second-order valence-electron chi connectivity index (χ2n) is 9.26. The average Bonchev–Trinajstić information content (AvgIpc) is 2.63. The van der Waals surface area contributed by atoms with Crippen LogP contribution in [0.25, 0.3) is 0 Å². The van der Waals surface area contributed by atoms with Crippen molar-refractivity contribution in [2.45, 2.75) is 110 Å². The molecule has 0 radical (unpaired) electrons. The normalized spacial score (nSPS) is 39.2. The van der Waals surface area contributed by atoms with Crippen LogP contribution in [0.15, 0.2) is 0 Å². The van der Waals surface area contributed by atoms with E-state index in [2.05, 4.69) is 13.8 Å². The minimum Gasteiger partial charge on any atom is -0.378 e. The first kappa shape index (κ1) is 18.7.